The molecule has 2 amide bonds. The molecule has 0 aliphatic heterocycles. The smallest absolute Gasteiger partial charge is 0.242 e. The number of nitrogens with zero attached hydrogens (tertiary/aromatic N) is 3. The van der Waals surface area contributed by atoms with Crippen LogP contribution in [0.1, 0.15) is 55.0 Å². The number of para-hydroxylation sites is 1. The second kappa shape index (κ2) is 17.1. The number of carbonyl (C=O) groups is 2. The van der Waals surface area contributed by atoms with Crippen molar-refractivity contribution in [2.24, 2.45) is 5.92 Å². The van der Waals surface area contributed by atoms with Gasteiger partial charge in [0.15, 0.2) is 0 Å². The molecule has 262 valence electrons. The van der Waals surface area contributed by atoms with E-state index in [9.17, 15) is 14.7 Å². The standard InChI is InChI=1S/C39H45N5O5S/c1-25(2)20-34(41-26(3)45)38(47)42-33(37(46)39-43-32-8-6-7-9-35(32)50-39)21-29-14-19-36(40-22-29)44(23-27-10-15-30(48-4)16-11-27)24-28-12-17-31(49-5)18-13-28/h6-19,22,25,33-34,37,46H,20-21,23-24H2,1-5H3,(H,41,45)(H,42,47)/t33?,34-,37?/m0/s1. The van der Waals surface area contributed by atoms with Gasteiger partial charge in [-0.15, -0.1) is 11.3 Å². The van der Waals surface area contributed by atoms with Crippen LogP contribution in [0.25, 0.3) is 10.2 Å². The van der Waals surface area contributed by atoms with Gasteiger partial charge in [0.2, 0.25) is 11.8 Å². The lowest BCUT2D eigenvalue weighted by Gasteiger charge is -2.27. The van der Waals surface area contributed by atoms with E-state index in [1.165, 1.54) is 18.3 Å². The Balaban J connectivity index is 1.41. The molecule has 0 saturated heterocycles. The van der Waals surface area contributed by atoms with E-state index < -0.39 is 18.2 Å². The molecule has 3 atom stereocenters. The molecule has 0 radical (unpaired) electrons. The molecule has 2 aromatic heterocycles. The number of hydrogen-bond donors (Lipinski definition) is 3. The average molecular weight is 696 g/mol. The molecule has 0 aliphatic carbocycles. The minimum atomic E-state index is -1.09. The van der Waals surface area contributed by atoms with Crippen molar-refractivity contribution in [3.05, 3.63) is 113 Å². The minimum Gasteiger partial charge on any atom is -0.497 e. The number of amides is 2. The first-order valence-corrected chi connectivity index (χ1v) is 17.5. The van der Waals surface area contributed by atoms with Crippen molar-refractivity contribution in [3.63, 3.8) is 0 Å². The van der Waals surface area contributed by atoms with Crippen molar-refractivity contribution in [2.45, 2.75) is 64.9 Å². The number of fused-ring (bicyclic) bond motifs is 1. The van der Waals surface area contributed by atoms with Crippen LogP contribution in [0.4, 0.5) is 5.82 Å². The van der Waals surface area contributed by atoms with Gasteiger partial charge in [0.05, 0.1) is 30.5 Å². The summed E-state index contributed by atoms with van der Waals surface area (Å²) in [4.78, 5) is 37.3. The Kier molecular flexibility index (Phi) is 12.4. The van der Waals surface area contributed by atoms with Gasteiger partial charge in [0, 0.05) is 26.2 Å². The van der Waals surface area contributed by atoms with Crippen molar-refractivity contribution in [1.82, 2.24) is 20.6 Å². The van der Waals surface area contributed by atoms with Crippen LogP contribution < -0.4 is 25.0 Å². The fraction of sp³-hybridized carbons (Fsp3) is 0.333. The lowest BCUT2D eigenvalue weighted by atomic mass is 9.99. The van der Waals surface area contributed by atoms with Crippen LogP contribution in [0.5, 0.6) is 11.5 Å². The van der Waals surface area contributed by atoms with Crippen LogP contribution in [0.2, 0.25) is 0 Å². The van der Waals surface area contributed by atoms with E-state index in [0.29, 0.717) is 30.9 Å². The Morgan fingerprint density at radius 1 is 0.840 bits per heavy atom. The Morgan fingerprint density at radius 2 is 1.44 bits per heavy atom. The van der Waals surface area contributed by atoms with Gasteiger partial charge >= 0.3 is 0 Å². The third kappa shape index (κ3) is 9.79. The second-order valence-electron chi connectivity index (χ2n) is 12.7. The summed E-state index contributed by atoms with van der Waals surface area (Å²) in [6, 6.07) is 26.1. The lowest BCUT2D eigenvalue weighted by Crippen LogP contribution is -2.51. The molecule has 0 spiro atoms. The number of ether oxygens (including phenoxy) is 2. The Morgan fingerprint density at radius 3 is 1.96 bits per heavy atom. The highest BCUT2D eigenvalue weighted by molar-refractivity contribution is 7.18. The molecule has 10 nitrogen and oxygen atoms in total. The first-order chi connectivity index (χ1) is 24.1. The van der Waals surface area contributed by atoms with E-state index in [1.54, 1.807) is 20.4 Å². The van der Waals surface area contributed by atoms with Gasteiger partial charge in [0.1, 0.15) is 34.5 Å². The Hall–Kier alpha value is -5.00. The molecule has 0 fully saturated rings. The van der Waals surface area contributed by atoms with E-state index in [1.807, 2.05) is 98.8 Å². The molecule has 50 heavy (non-hydrogen) atoms. The first kappa shape index (κ1) is 36.3. The van der Waals surface area contributed by atoms with Crippen molar-refractivity contribution in [3.8, 4) is 11.5 Å². The van der Waals surface area contributed by atoms with E-state index in [0.717, 1.165) is 44.2 Å². The Bertz CT molecular complexity index is 1760. The molecular weight excluding hydrogens is 651 g/mol. The molecule has 0 saturated carbocycles. The fourth-order valence-corrected chi connectivity index (χ4v) is 6.78. The molecular formula is C39H45N5O5S. The summed E-state index contributed by atoms with van der Waals surface area (Å²) in [7, 11) is 3.30. The number of aromatic nitrogens is 2. The van der Waals surface area contributed by atoms with Crippen molar-refractivity contribution in [1.29, 1.82) is 0 Å². The summed E-state index contributed by atoms with van der Waals surface area (Å²) >= 11 is 1.39. The van der Waals surface area contributed by atoms with E-state index in [2.05, 4.69) is 20.5 Å². The number of pyridine rings is 1. The fourth-order valence-electron chi connectivity index (χ4n) is 5.76. The molecule has 3 aromatic carbocycles. The maximum absolute atomic E-state index is 13.6. The van der Waals surface area contributed by atoms with Crippen LogP contribution in [-0.2, 0) is 29.1 Å². The predicted octanol–water partition coefficient (Wildman–Crippen LogP) is 6.23. The van der Waals surface area contributed by atoms with Gasteiger partial charge in [-0.3, -0.25) is 9.59 Å². The topological polar surface area (TPSA) is 126 Å². The number of methoxy groups -OCH3 is 2. The van der Waals surface area contributed by atoms with Crippen molar-refractivity contribution < 1.29 is 24.2 Å². The minimum absolute atomic E-state index is 0.167. The predicted molar refractivity (Wildman–Crippen MR) is 197 cm³/mol. The summed E-state index contributed by atoms with van der Waals surface area (Å²) < 4.78 is 11.6. The van der Waals surface area contributed by atoms with Crippen molar-refractivity contribution in [2.75, 3.05) is 19.1 Å². The van der Waals surface area contributed by atoms with Crippen molar-refractivity contribution >= 4 is 39.2 Å². The second-order valence-corrected chi connectivity index (χ2v) is 13.8. The van der Waals surface area contributed by atoms with Crippen LogP contribution in [-0.4, -0.2) is 53.2 Å². The van der Waals surface area contributed by atoms with E-state index in [-0.39, 0.29) is 17.7 Å². The highest BCUT2D eigenvalue weighted by atomic mass is 32.1. The molecule has 2 unspecified atom stereocenters. The summed E-state index contributed by atoms with van der Waals surface area (Å²) in [6.45, 7) is 6.61. The molecule has 3 N–H and O–H groups in total. The molecule has 0 aliphatic rings. The summed E-state index contributed by atoms with van der Waals surface area (Å²) in [5.74, 6) is 1.88. The van der Waals surface area contributed by atoms with Crippen LogP contribution >= 0.6 is 11.3 Å². The SMILES string of the molecule is COc1ccc(CN(Cc2ccc(OC)cc2)c2ccc(CC(NC(=O)[C@H](CC(C)C)NC(C)=O)C(O)c3nc4ccccc4s3)cn2)cc1. The molecule has 5 rings (SSSR count). The zero-order valence-corrected chi connectivity index (χ0v) is 29.9. The third-order valence-corrected chi connectivity index (χ3v) is 9.43. The highest BCUT2D eigenvalue weighted by Gasteiger charge is 2.30. The normalized spacial score (nSPS) is 13.0. The van der Waals surface area contributed by atoms with Gasteiger partial charge < -0.3 is 30.1 Å². The van der Waals surface area contributed by atoms with E-state index in [4.69, 9.17) is 14.5 Å². The van der Waals surface area contributed by atoms with Crippen LogP contribution in [0.15, 0.2) is 91.1 Å². The molecule has 0 bridgehead atoms. The number of hydrogen-bond acceptors (Lipinski definition) is 9. The van der Waals surface area contributed by atoms with Gasteiger partial charge in [-0.25, -0.2) is 9.97 Å². The third-order valence-electron chi connectivity index (χ3n) is 8.33. The monoisotopic (exact) mass is 695 g/mol. The number of benzene rings is 3. The summed E-state index contributed by atoms with van der Waals surface area (Å²) in [5.41, 5.74) is 3.81. The number of nitrogens with one attached hydrogen (secondary N) is 2. The van der Waals surface area contributed by atoms with Gasteiger partial charge in [-0.2, -0.15) is 0 Å². The number of aliphatic hydroxyl groups is 1. The van der Waals surface area contributed by atoms with Crippen LogP contribution in [0, 0.1) is 5.92 Å². The summed E-state index contributed by atoms with van der Waals surface area (Å²) in [5, 5.41) is 18.0. The number of aliphatic hydroxyl groups excluding tert-OH is 1. The van der Waals surface area contributed by atoms with Gasteiger partial charge in [-0.1, -0.05) is 56.3 Å². The number of thiazole rings is 1. The maximum atomic E-state index is 13.6. The average Bonchev–Trinajstić information content (AvgIpc) is 3.55. The van der Waals surface area contributed by atoms with Gasteiger partial charge in [-0.05, 0) is 77.9 Å². The van der Waals surface area contributed by atoms with Gasteiger partial charge in [0.25, 0.3) is 0 Å². The summed E-state index contributed by atoms with van der Waals surface area (Å²) in [6.07, 6.45) is 1.45. The number of rotatable bonds is 16. The maximum Gasteiger partial charge on any atom is 0.242 e. The zero-order chi connectivity index (χ0) is 35.6. The lowest BCUT2D eigenvalue weighted by molar-refractivity contribution is -0.129. The number of anilines is 1. The quantitative estimate of drug-likeness (QED) is 0.111. The highest BCUT2D eigenvalue weighted by Crippen LogP contribution is 2.30. The Labute approximate surface area is 297 Å². The first-order valence-electron chi connectivity index (χ1n) is 16.7. The van der Waals surface area contributed by atoms with E-state index >= 15 is 0 Å². The number of carbonyl (C=O) groups excluding carboxylic acids is 2. The van der Waals surface area contributed by atoms with Crippen LogP contribution in [0.3, 0.4) is 0 Å². The largest absolute Gasteiger partial charge is 0.497 e. The zero-order valence-electron chi connectivity index (χ0n) is 29.1. The molecule has 11 heteroatoms. The molecule has 2 heterocycles. The molecule has 5 aromatic rings.